The third kappa shape index (κ3) is 10.3. The fourth-order valence-electron chi connectivity index (χ4n) is 3.16. The van der Waals surface area contributed by atoms with Crippen molar-refractivity contribution >= 4 is 11.8 Å². The molecule has 164 valence electrons. The maximum atomic E-state index is 13.5. The minimum atomic E-state index is -1.02. The zero-order valence-corrected chi connectivity index (χ0v) is 17.3. The van der Waals surface area contributed by atoms with Gasteiger partial charge in [-0.15, -0.1) is 0 Å². The molecule has 1 aromatic rings. The van der Waals surface area contributed by atoms with E-state index < -0.39 is 23.8 Å². The highest BCUT2D eigenvalue weighted by atomic mass is 19.1. The van der Waals surface area contributed by atoms with Gasteiger partial charge in [0.1, 0.15) is 18.2 Å². The third-order valence-electron chi connectivity index (χ3n) is 4.34. The average molecular weight is 414 g/mol. The van der Waals surface area contributed by atoms with Gasteiger partial charge < -0.3 is 20.5 Å². The van der Waals surface area contributed by atoms with E-state index in [0.717, 1.165) is 18.9 Å². The summed E-state index contributed by atoms with van der Waals surface area (Å²) in [4.78, 5) is 23.6. The number of benzene rings is 1. The minimum absolute atomic E-state index is 0.0537. The van der Waals surface area contributed by atoms with E-state index in [4.69, 9.17) is 4.74 Å². The Balaban J connectivity index is 2.80. The second-order valence-electron chi connectivity index (χ2n) is 7.20. The van der Waals surface area contributed by atoms with Gasteiger partial charge in [-0.3, -0.25) is 9.59 Å². The van der Waals surface area contributed by atoms with Crippen LogP contribution in [0.25, 0.3) is 0 Å². The number of hydrogen-bond donors (Lipinski definition) is 3. The number of aliphatic hydroxyl groups excluding tert-OH is 1. The molecule has 1 unspecified atom stereocenters. The molecular formula is C21H32F2N2O4. The van der Waals surface area contributed by atoms with Crippen LogP contribution in [0.2, 0.25) is 0 Å². The van der Waals surface area contributed by atoms with Crippen LogP contribution in [0.1, 0.15) is 52.0 Å². The number of aliphatic hydroxyl groups is 1. The molecule has 6 nitrogen and oxygen atoms in total. The molecule has 3 N–H and O–H groups in total. The van der Waals surface area contributed by atoms with Gasteiger partial charge in [-0.25, -0.2) is 8.78 Å². The Morgan fingerprint density at radius 1 is 1.10 bits per heavy atom. The number of nitrogens with one attached hydrogen (secondary N) is 2. The lowest BCUT2D eigenvalue weighted by Crippen LogP contribution is -2.48. The Bertz CT molecular complexity index is 637. The van der Waals surface area contributed by atoms with Crippen molar-refractivity contribution in [2.75, 3.05) is 13.2 Å². The Morgan fingerprint density at radius 2 is 1.76 bits per heavy atom. The highest BCUT2D eigenvalue weighted by molar-refractivity contribution is 5.77. The molecule has 0 aliphatic rings. The number of hydrogen-bond acceptors (Lipinski definition) is 4. The summed E-state index contributed by atoms with van der Waals surface area (Å²) >= 11 is 0. The number of amides is 2. The lowest BCUT2D eigenvalue weighted by atomic mass is 9.94. The summed E-state index contributed by atoms with van der Waals surface area (Å²) in [5.74, 6) is -2.08. The van der Waals surface area contributed by atoms with Gasteiger partial charge in [0.2, 0.25) is 11.8 Å². The van der Waals surface area contributed by atoms with E-state index in [-0.39, 0.29) is 37.3 Å². The summed E-state index contributed by atoms with van der Waals surface area (Å²) in [6.07, 6.45) is 1.46. The van der Waals surface area contributed by atoms with Gasteiger partial charge >= 0.3 is 0 Å². The van der Waals surface area contributed by atoms with Crippen molar-refractivity contribution in [2.24, 2.45) is 0 Å². The molecule has 0 bridgehead atoms. The van der Waals surface area contributed by atoms with Crippen molar-refractivity contribution < 1.29 is 28.2 Å². The molecule has 0 aliphatic heterocycles. The van der Waals surface area contributed by atoms with Crippen LogP contribution in [0, 0.1) is 11.6 Å². The zero-order valence-electron chi connectivity index (χ0n) is 17.3. The topological polar surface area (TPSA) is 87.7 Å². The van der Waals surface area contributed by atoms with Gasteiger partial charge in [0.05, 0.1) is 12.1 Å². The van der Waals surface area contributed by atoms with Crippen LogP contribution in [0.3, 0.4) is 0 Å². The van der Waals surface area contributed by atoms with E-state index in [1.165, 1.54) is 19.1 Å². The monoisotopic (exact) mass is 414 g/mol. The number of carbonyl (C=O) groups excluding carboxylic acids is 2. The smallest absolute Gasteiger partial charge is 0.246 e. The summed E-state index contributed by atoms with van der Waals surface area (Å²) in [6.45, 7) is 5.65. The van der Waals surface area contributed by atoms with E-state index in [1.807, 2.05) is 13.8 Å². The predicted octanol–water partition coefficient (Wildman–Crippen LogP) is 2.47. The number of rotatable bonds is 13. The highest BCUT2D eigenvalue weighted by Gasteiger charge is 2.25. The van der Waals surface area contributed by atoms with E-state index in [2.05, 4.69) is 10.6 Å². The van der Waals surface area contributed by atoms with Crippen LogP contribution >= 0.6 is 0 Å². The van der Waals surface area contributed by atoms with Crippen molar-refractivity contribution in [3.05, 3.63) is 35.4 Å². The molecule has 0 fully saturated rings. The molecule has 0 aliphatic carbocycles. The Hall–Kier alpha value is -2.06. The Kier molecular flexibility index (Phi) is 11.4. The van der Waals surface area contributed by atoms with Crippen molar-refractivity contribution in [3.63, 3.8) is 0 Å². The van der Waals surface area contributed by atoms with Crippen LogP contribution in [-0.2, 0) is 20.7 Å². The zero-order chi connectivity index (χ0) is 21.8. The van der Waals surface area contributed by atoms with Crippen LogP contribution < -0.4 is 10.6 Å². The number of halogens is 2. The summed E-state index contributed by atoms with van der Waals surface area (Å²) in [7, 11) is 0. The van der Waals surface area contributed by atoms with Gasteiger partial charge in [0, 0.05) is 25.6 Å². The number of ether oxygens (including phenoxy) is 1. The summed E-state index contributed by atoms with van der Waals surface area (Å²) in [5.41, 5.74) is 0.323. The van der Waals surface area contributed by atoms with E-state index >= 15 is 0 Å². The molecule has 0 radical (unpaired) electrons. The highest BCUT2D eigenvalue weighted by Crippen LogP contribution is 2.15. The van der Waals surface area contributed by atoms with Crippen LogP contribution in [-0.4, -0.2) is 48.3 Å². The summed E-state index contributed by atoms with van der Waals surface area (Å²) in [6, 6.07) is 2.04. The first-order valence-electron chi connectivity index (χ1n) is 10.0. The van der Waals surface area contributed by atoms with Gasteiger partial charge in [-0.1, -0.05) is 20.3 Å². The molecule has 0 saturated heterocycles. The van der Waals surface area contributed by atoms with E-state index in [1.54, 1.807) is 0 Å². The van der Waals surface area contributed by atoms with Crippen molar-refractivity contribution in [1.29, 1.82) is 0 Å². The van der Waals surface area contributed by atoms with Crippen molar-refractivity contribution in [3.8, 4) is 0 Å². The molecule has 3 atom stereocenters. The Morgan fingerprint density at radius 3 is 2.31 bits per heavy atom. The standard InChI is InChI=1S/C21H32F2N2O4/c1-4-6-18(25-21(28)13-29-7-5-2)12-20(27)19(24-14(3)26)10-15-8-16(22)11-17(23)9-15/h8-9,11,18-20,27H,4-7,10,12-13H2,1-3H3,(H,24,26)(H,25,28)/t18?,19-,20-/m0/s1. The first-order chi connectivity index (χ1) is 13.7. The maximum Gasteiger partial charge on any atom is 0.246 e. The largest absolute Gasteiger partial charge is 0.391 e. The molecule has 2 amide bonds. The van der Waals surface area contributed by atoms with Crippen LogP contribution in [0.4, 0.5) is 8.78 Å². The molecule has 0 heterocycles. The predicted molar refractivity (Wildman–Crippen MR) is 106 cm³/mol. The first kappa shape index (κ1) is 25.0. The minimum Gasteiger partial charge on any atom is -0.391 e. The van der Waals surface area contributed by atoms with Crippen LogP contribution in [0.15, 0.2) is 18.2 Å². The maximum absolute atomic E-state index is 13.5. The lowest BCUT2D eigenvalue weighted by molar-refractivity contribution is -0.127. The molecule has 1 rings (SSSR count). The van der Waals surface area contributed by atoms with Crippen molar-refractivity contribution in [2.45, 2.75) is 71.1 Å². The molecule has 0 spiro atoms. The Labute approximate surface area is 171 Å². The summed E-state index contributed by atoms with van der Waals surface area (Å²) in [5, 5.41) is 16.2. The molecule has 0 saturated carbocycles. The molecule has 29 heavy (non-hydrogen) atoms. The molecule has 0 aromatic heterocycles. The van der Waals surface area contributed by atoms with E-state index in [0.29, 0.717) is 18.6 Å². The lowest BCUT2D eigenvalue weighted by Gasteiger charge is -2.28. The van der Waals surface area contributed by atoms with Gasteiger partial charge in [-0.05, 0) is 43.4 Å². The fourth-order valence-corrected chi connectivity index (χ4v) is 3.16. The normalized spacial score (nSPS) is 14.1. The molecule has 1 aromatic carbocycles. The van der Waals surface area contributed by atoms with Crippen molar-refractivity contribution in [1.82, 2.24) is 10.6 Å². The van der Waals surface area contributed by atoms with Crippen LogP contribution in [0.5, 0.6) is 0 Å². The SMILES string of the molecule is CCCOCC(=O)NC(CCC)C[C@H](O)[C@H](Cc1cc(F)cc(F)c1)NC(C)=O. The summed E-state index contributed by atoms with van der Waals surface area (Å²) < 4.78 is 32.2. The second-order valence-corrected chi connectivity index (χ2v) is 7.20. The average Bonchev–Trinajstić information content (AvgIpc) is 2.60. The van der Waals surface area contributed by atoms with E-state index in [9.17, 15) is 23.5 Å². The van der Waals surface area contributed by atoms with Gasteiger partial charge in [-0.2, -0.15) is 0 Å². The van der Waals surface area contributed by atoms with Gasteiger partial charge in [0.15, 0.2) is 0 Å². The third-order valence-corrected chi connectivity index (χ3v) is 4.34. The molecule has 8 heteroatoms. The number of carbonyl (C=O) groups is 2. The quantitative estimate of drug-likeness (QED) is 0.433. The second kappa shape index (κ2) is 13.2. The first-order valence-corrected chi connectivity index (χ1v) is 10.0. The van der Waals surface area contributed by atoms with Gasteiger partial charge in [0.25, 0.3) is 0 Å². The molecular weight excluding hydrogens is 382 g/mol. The fraction of sp³-hybridized carbons (Fsp3) is 0.619.